The van der Waals surface area contributed by atoms with Crippen LogP contribution < -0.4 is 20.7 Å². The second-order valence-electron chi connectivity index (χ2n) is 5.40. The number of hydrogen-bond acceptors (Lipinski definition) is 3. The molecule has 0 saturated heterocycles. The lowest BCUT2D eigenvalue weighted by Gasteiger charge is -2.18. The van der Waals surface area contributed by atoms with Crippen molar-refractivity contribution in [2.75, 3.05) is 31.6 Å². The molecule has 0 radical (unpaired) electrons. The fourth-order valence-electron chi connectivity index (χ4n) is 2.35. The molecule has 0 fully saturated rings. The van der Waals surface area contributed by atoms with Crippen LogP contribution in [0.3, 0.4) is 0 Å². The minimum Gasteiger partial charge on any atom is -0.492 e. The lowest BCUT2D eigenvalue weighted by atomic mass is 10.0. The minimum atomic E-state index is 0. The van der Waals surface area contributed by atoms with E-state index in [2.05, 4.69) is 27.9 Å². The highest BCUT2D eigenvalue weighted by Crippen LogP contribution is 2.26. The molecule has 1 amide bonds. The summed E-state index contributed by atoms with van der Waals surface area (Å²) in [5.74, 6) is 1.74. The number of carbonyl (C=O) groups excluding carboxylic acids is 1. The zero-order valence-corrected chi connectivity index (χ0v) is 16.7. The Labute approximate surface area is 160 Å². The van der Waals surface area contributed by atoms with Crippen molar-refractivity contribution in [2.24, 2.45) is 4.99 Å². The van der Waals surface area contributed by atoms with Gasteiger partial charge in [0.25, 0.3) is 0 Å². The summed E-state index contributed by atoms with van der Waals surface area (Å²) in [6.45, 7) is 7.05. The molecule has 0 spiro atoms. The normalized spacial score (nSPS) is 13.4. The lowest BCUT2D eigenvalue weighted by Crippen LogP contribution is -2.39. The van der Waals surface area contributed by atoms with Crippen molar-refractivity contribution in [3.8, 4) is 5.75 Å². The summed E-state index contributed by atoms with van der Waals surface area (Å²) in [4.78, 5) is 15.8. The number of nitrogens with one attached hydrogen (secondary N) is 3. The van der Waals surface area contributed by atoms with E-state index in [-0.39, 0.29) is 29.9 Å². The molecule has 0 aromatic heterocycles. The van der Waals surface area contributed by atoms with Crippen LogP contribution >= 0.6 is 24.0 Å². The number of amides is 1. The van der Waals surface area contributed by atoms with E-state index in [4.69, 9.17) is 4.74 Å². The fraction of sp³-hybridized carbons (Fsp3) is 0.529. The Bertz CT molecular complexity index is 564. The molecule has 0 bridgehead atoms. The predicted octanol–water partition coefficient (Wildman–Crippen LogP) is 2.53. The first-order valence-corrected chi connectivity index (χ1v) is 8.30. The van der Waals surface area contributed by atoms with Gasteiger partial charge in [0, 0.05) is 25.2 Å². The van der Waals surface area contributed by atoms with Crippen molar-refractivity contribution in [1.82, 2.24) is 10.6 Å². The van der Waals surface area contributed by atoms with Crippen molar-refractivity contribution in [2.45, 2.75) is 33.1 Å². The van der Waals surface area contributed by atoms with Gasteiger partial charge < -0.3 is 20.7 Å². The topological polar surface area (TPSA) is 74.8 Å². The minimum absolute atomic E-state index is 0. The number of rotatable bonds is 7. The molecule has 1 aromatic carbocycles. The van der Waals surface area contributed by atoms with E-state index in [1.807, 2.05) is 25.1 Å². The first-order chi connectivity index (χ1) is 11.2. The fourth-order valence-corrected chi connectivity index (χ4v) is 2.35. The summed E-state index contributed by atoms with van der Waals surface area (Å²) >= 11 is 0. The number of benzene rings is 1. The Kier molecular flexibility index (Phi) is 9.51. The third kappa shape index (κ3) is 6.54. The monoisotopic (exact) mass is 446 g/mol. The molecular formula is C17H27IN4O2. The summed E-state index contributed by atoms with van der Waals surface area (Å²) in [6, 6.07) is 5.80. The van der Waals surface area contributed by atoms with Crippen LogP contribution in [0.25, 0.3) is 0 Å². The number of anilines is 1. The molecule has 1 aliphatic heterocycles. The van der Waals surface area contributed by atoms with Gasteiger partial charge in [-0.1, -0.05) is 6.92 Å². The number of aliphatic imine (C=N–C) groups is 1. The molecule has 0 saturated carbocycles. The summed E-state index contributed by atoms with van der Waals surface area (Å²) in [7, 11) is 0. The third-order valence-corrected chi connectivity index (χ3v) is 3.47. The molecule has 24 heavy (non-hydrogen) atoms. The molecule has 3 N–H and O–H groups in total. The Balaban J connectivity index is 0.00000288. The average Bonchev–Trinajstić information content (AvgIpc) is 2.56. The Hall–Kier alpha value is -1.51. The van der Waals surface area contributed by atoms with Gasteiger partial charge in [-0.15, -0.1) is 24.0 Å². The van der Waals surface area contributed by atoms with Crippen LogP contribution in [0.1, 0.15) is 32.3 Å². The molecule has 1 aromatic rings. The summed E-state index contributed by atoms with van der Waals surface area (Å²) in [6.07, 6.45) is 2.33. The Morgan fingerprint density at radius 3 is 2.88 bits per heavy atom. The van der Waals surface area contributed by atoms with Gasteiger partial charge in [-0.25, -0.2) is 0 Å². The highest BCUT2D eigenvalue weighted by molar-refractivity contribution is 14.0. The van der Waals surface area contributed by atoms with E-state index in [1.54, 1.807) is 0 Å². The second kappa shape index (κ2) is 11.1. The summed E-state index contributed by atoms with van der Waals surface area (Å²) < 4.78 is 5.77. The molecule has 0 unspecified atom stereocenters. The highest BCUT2D eigenvalue weighted by Gasteiger charge is 2.14. The van der Waals surface area contributed by atoms with Crippen molar-refractivity contribution in [3.05, 3.63) is 23.8 Å². The van der Waals surface area contributed by atoms with E-state index in [1.165, 1.54) is 0 Å². The number of guanidine groups is 1. The van der Waals surface area contributed by atoms with Crippen LogP contribution in [-0.2, 0) is 11.2 Å². The number of aryl methyl sites for hydroxylation is 1. The molecular weight excluding hydrogens is 419 g/mol. The van der Waals surface area contributed by atoms with E-state index >= 15 is 0 Å². The van der Waals surface area contributed by atoms with Gasteiger partial charge in [0.1, 0.15) is 12.4 Å². The van der Waals surface area contributed by atoms with Crippen LogP contribution in [0.5, 0.6) is 5.75 Å². The van der Waals surface area contributed by atoms with Crippen LogP contribution in [0, 0.1) is 0 Å². The third-order valence-electron chi connectivity index (χ3n) is 3.47. The predicted molar refractivity (Wildman–Crippen MR) is 109 cm³/mol. The number of carbonyl (C=O) groups is 1. The average molecular weight is 446 g/mol. The van der Waals surface area contributed by atoms with Gasteiger partial charge in [0.05, 0.1) is 6.54 Å². The number of hydrogen-bond donors (Lipinski definition) is 3. The molecule has 1 aliphatic rings. The Morgan fingerprint density at radius 2 is 2.12 bits per heavy atom. The number of halogens is 1. The lowest BCUT2D eigenvalue weighted by molar-refractivity contribution is -0.116. The van der Waals surface area contributed by atoms with Gasteiger partial charge in [0.2, 0.25) is 5.91 Å². The van der Waals surface area contributed by atoms with Crippen molar-refractivity contribution < 1.29 is 9.53 Å². The van der Waals surface area contributed by atoms with Gasteiger partial charge in [0.15, 0.2) is 5.96 Å². The van der Waals surface area contributed by atoms with Gasteiger partial charge >= 0.3 is 0 Å². The Morgan fingerprint density at radius 1 is 1.29 bits per heavy atom. The van der Waals surface area contributed by atoms with E-state index in [0.29, 0.717) is 19.6 Å². The zero-order chi connectivity index (χ0) is 16.5. The number of fused-ring (bicyclic) bond motifs is 1. The van der Waals surface area contributed by atoms with Crippen LogP contribution in [0.4, 0.5) is 5.69 Å². The maximum Gasteiger partial charge on any atom is 0.224 e. The number of nitrogens with zero attached hydrogens (tertiary/aromatic N) is 1. The van der Waals surface area contributed by atoms with Crippen LogP contribution in [0.2, 0.25) is 0 Å². The van der Waals surface area contributed by atoms with E-state index in [9.17, 15) is 4.79 Å². The van der Waals surface area contributed by atoms with Crippen molar-refractivity contribution in [1.29, 1.82) is 0 Å². The van der Waals surface area contributed by atoms with Crippen molar-refractivity contribution >= 4 is 41.5 Å². The second-order valence-corrected chi connectivity index (χ2v) is 5.40. The van der Waals surface area contributed by atoms with E-state index < -0.39 is 0 Å². The standard InChI is InChI=1S/C17H26N4O2.HI/c1-3-9-19-17(18-4-2)20-10-11-23-14-6-7-15-13(12-14)5-8-16(22)21-15;/h6-7,12H,3-5,8-11H2,1-2H3,(H,21,22)(H2,18,19,20);1H. The van der Waals surface area contributed by atoms with Crippen molar-refractivity contribution in [3.63, 3.8) is 0 Å². The quantitative estimate of drug-likeness (QED) is 0.261. The molecule has 1 heterocycles. The van der Waals surface area contributed by atoms with Crippen LogP contribution in [0.15, 0.2) is 23.2 Å². The maximum absolute atomic E-state index is 11.3. The smallest absolute Gasteiger partial charge is 0.224 e. The summed E-state index contributed by atoms with van der Waals surface area (Å²) in [5, 5.41) is 9.33. The van der Waals surface area contributed by atoms with Gasteiger partial charge in [-0.2, -0.15) is 0 Å². The summed E-state index contributed by atoms with van der Waals surface area (Å²) in [5.41, 5.74) is 2.03. The van der Waals surface area contributed by atoms with Crippen LogP contribution in [-0.4, -0.2) is 38.1 Å². The maximum atomic E-state index is 11.3. The number of ether oxygens (including phenoxy) is 1. The molecule has 2 rings (SSSR count). The first kappa shape index (κ1) is 20.5. The molecule has 7 heteroatoms. The molecule has 0 aliphatic carbocycles. The van der Waals surface area contributed by atoms with E-state index in [0.717, 1.165) is 48.9 Å². The molecule has 0 atom stereocenters. The van der Waals surface area contributed by atoms with Gasteiger partial charge in [-0.3, -0.25) is 9.79 Å². The molecule has 134 valence electrons. The zero-order valence-electron chi connectivity index (χ0n) is 14.4. The molecule has 6 nitrogen and oxygen atoms in total. The van der Waals surface area contributed by atoms with Gasteiger partial charge in [-0.05, 0) is 43.5 Å². The largest absolute Gasteiger partial charge is 0.492 e. The first-order valence-electron chi connectivity index (χ1n) is 8.30. The highest BCUT2D eigenvalue weighted by atomic mass is 127. The SMILES string of the molecule is CCCN=C(NCC)NCCOc1ccc2c(c1)CCC(=O)N2.I.